The Labute approximate surface area is 111 Å². The molecule has 0 amide bonds. The van der Waals surface area contributed by atoms with Crippen molar-refractivity contribution in [1.82, 2.24) is 4.90 Å². The van der Waals surface area contributed by atoms with Gasteiger partial charge in [0.05, 0.1) is 5.70 Å². The van der Waals surface area contributed by atoms with Gasteiger partial charge >= 0.3 is 0 Å². The third-order valence-electron chi connectivity index (χ3n) is 2.78. The number of hydrogen-bond donors (Lipinski definition) is 0. The van der Waals surface area contributed by atoms with Crippen molar-refractivity contribution < 1.29 is 22.0 Å². The first-order valence-corrected chi connectivity index (χ1v) is 5.76. The van der Waals surface area contributed by atoms with Gasteiger partial charge in [0.15, 0.2) is 29.0 Å². The normalized spacial score (nSPS) is 15.9. The van der Waals surface area contributed by atoms with Crippen LogP contribution in [0.25, 0.3) is 0 Å². The van der Waals surface area contributed by atoms with Gasteiger partial charge in [-0.15, -0.1) is 5.11 Å². The molecule has 0 fully saturated rings. The van der Waals surface area contributed by atoms with Crippen LogP contribution in [-0.2, 0) is 0 Å². The standard InChI is InChI=1S/C12H10F5N3/c1-20-4-2-3-6(5-20)18-19-12-10(16)8(14)7(13)9(15)11(12)17/h5H,2-4H2,1H3. The zero-order chi connectivity index (χ0) is 14.9. The minimum Gasteiger partial charge on any atom is -0.379 e. The van der Waals surface area contributed by atoms with E-state index in [0.717, 1.165) is 13.0 Å². The average Bonchev–Trinajstić information content (AvgIpc) is 2.43. The van der Waals surface area contributed by atoms with Gasteiger partial charge in [-0.2, -0.15) is 5.11 Å². The Kier molecular flexibility index (Phi) is 4.01. The Hall–Kier alpha value is -1.99. The van der Waals surface area contributed by atoms with Crippen molar-refractivity contribution in [3.63, 3.8) is 0 Å². The zero-order valence-corrected chi connectivity index (χ0v) is 10.4. The predicted molar refractivity (Wildman–Crippen MR) is 60.7 cm³/mol. The summed E-state index contributed by atoms with van der Waals surface area (Å²) >= 11 is 0. The second-order valence-corrected chi connectivity index (χ2v) is 4.32. The van der Waals surface area contributed by atoms with E-state index in [1.807, 2.05) is 0 Å². The molecule has 0 atom stereocenters. The van der Waals surface area contributed by atoms with Gasteiger partial charge in [0.1, 0.15) is 0 Å². The second kappa shape index (κ2) is 5.56. The minimum absolute atomic E-state index is 0.405. The molecule has 1 aliphatic heterocycles. The molecule has 0 aliphatic carbocycles. The zero-order valence-electron chi connectivity index (χ0n) is 10.4. The van der Waals surface area contributed by atoms with Crippen molar-refractivity contribution in [3.8, 4) is 0 Å². The topological polar surface area (TPSA) is 28.0 Å². The van der Waals surface area contributed by atoms with E-state index in [9.17, 15) is 22.0 Å². The fourth-order valence-corrected chi connectivity index (χ4v) is 1.76. The van der Waals surface area contributed by atoms with E-state index >= 15 is 0 Å². The van der Waals surface area contributed by atoms with Gasteiger partial charge in [-0.1, -0.05) is 0 Å². The van der Waals surface area contributed by atoms with Gasteiger partial charge in [0.25, 0.3) is 0 Å². The molecular formula is C12H10F5N3. The van der Waals surface area contributed by atoms with Crippen LogP contribution in [0.1, 0.15) is 12.8 Å². The molecule has 0 saturated carbocycles. The molecular weight excluding hydrogens is 281 g/mol. The van der Waals surface area contributed by atoms with Crippen molar-refractivity contribution in [3.05, 3.63) is 41.0 Å². The van der Waals surface area contributed by atoms with Gasteiger partial charge < -0.3 is 4.90 Å². The van der Waals surface area contributed by atoms with Crippen LogP contribution in [0.15, 0.2) is 22.1 Å². The maximum absolute atomic E-state index is 13.3. The molecule has 0 aromatic heterocycles. The van der Waals surface area contributed by atoms with Crippen LogP contribution < -0.4 is 0 Å². The predicted octanol–water partition coefficient (Wildman–Crippen LogP) is 4.03. The van der Waals surface area contributed by atoms with E-state index in [2.05, 4.69) is 10.2 Å². The second-order valence-electron chi connectivity index (χ2n) is 4.32. The molecule has 0 unspecified atom stereocenters. The summed E-state index contributed by atoms with van der Waals surface area (Å²) in [6.07, 6.45) is 2.88. The molecule has 108 valence electrons. The summed E-state index contributed by atoms with van der Waals surface area (Å²) < 4.78 is 65.4. The number of nitrogens with zero attached hydrogens (tertiary/aromatic N) is 3. The van der Waals surface area contributed by atoms with Gasteiger partial charge in [0, 0.05) is 19.8 Å². The summed E-state index contributed by atoms with van der Waals surface area (Å²) in [6, 6.07) is 0. The largest absolute Gasteiger partial charge is 0.379 e. The number of allylic oxidation sites excluding steroid dienone is 1. The van der Waals surface area contributed by atoms with Crippen LogP contribution >= 0.6 is 0 Å². The summed E-state index contributed by atoms with van der Waals surface area (Å²) in [5, 5.41) is 6.71. The lowest BCUT2D eigenvalue weighted by molar-refractivity contribution is 0.380. The molecule has 1 aromatic rings. The van der Waals surface area contributed by atoms with Crippen molar-refractivity contribution in [2.24, 2.45) is 10.2 Å². The van der Waals surface area contributed by atoms with Crippen LogP contribution in [-0.4, -0.2) is 18.5 Å². The first-order chi connectivity index (χ1) is 9.41. The molecule has 8 heteroatoms. The van der Waals surface area contributed by atoms with Gasteiger partial charge in [-0.25, -0.2) is 22.0 Å². The highest BCUT2D eigenvalue weighted by Crippen LogP contribution is 2.30. The van der Waals surface area contributed by atoms with Gasteiger partial charge in [-0.3, -0.25) is 0 Å². The molecule has 0 radical (unpaired) electrons. The molecule has 2 rings (SSSR count). The van der Waals surface area contributed by atoms with Crippen LogP contribution in [0.3, 0.4) is 0 Å². The smallest absolute Gasteiger partial charge is 0.200 e. The summed E-state index contributed by atoms with van der Waals surface area (Å²) in [7, 11) is 1.77. The monoisotopic (exact) mass is 291 g/mol. The lowest BCUT2D eigenvalue weighted by Crippen LogP contribution is -2.16. The summed E-state index contributed by atoms with van der Waals surface area (Å²) in [5.41, 5.74) is -0.877. The minimum atomic E-state index is -2.21. The fraction of sp³-hybridized carbons (Fsp3) is 0.333. The fourth-order valence-electron chi connectivity index (χ4n) is 1.76. The van der Waals surface area contributed by atoms with Crippen molar-refractivity contribution in [2.45, 2.75) is 12.8 Å². The Bertz CT molecular complexity index is 568. The molecule has 0 N–H and O–H groups in total. The Morgan fingerprint density at radius 2 is 1.45 bits per heavy atom. The number of azo groups is 1. The van der Waals surface area contributed by atoms with E-state index in [4.69, 9.17) is 0 Å². The van der Waals surface area contributed by atoms with Gasteiger partial charge in [0.2, 0.25) is 5.82 Å². The molecule has 1 aromatic carbocycles. The van der Waals surface area contributed by atoms with E-state index in [1.165, 1.54) is 0 Å². The first-order valence-electron chi connectivity index (χ1n) is 5.76. The maximum Gasteiger partial charge on any atom is 0.200 e. The van der Waals surface area contributed by atoms with E-state index < -0.39 is 34.8 Å². The Morgan fingerprint density at radius 1 is 0.900 bits per heavy atom. The molecule has 0 spiro atoms. The van der Waals surface area contributed by atoms with Crippen LogP contribution in [0, 0.1) is 29.1 Å². The van der Waals surface area contributed by atoms with Crippen molar-refractivity contribution in [2.75, 3.05) is 13.6 Å². The number of hydrogen-bond acceptors (Lipinski definition) is 3. The van der Waals surface area contributed by atoms with Crippen molar-refractivity contribution >= 4 is 5.69 Å². The van der Waals surface area contributed by atoms with Gasteiger partial charge in [-0.05, 0) is 12.8 Å². The third-order valence-corrected chi connectivity index (χ3v) is 2.78. The summed E-state index contributed by atoms with van der Waals surface area (Å²) in [4.78, 5) is 1.79. The Balaban J connectivity index is 2.39. The van der Waals surface area contributed by atoms with E-state index in [1.54, 1.807) is 18.1 Å². The average molecular weight is 291 g/mol. The van der Waals surface area contributed by atoms with Crippen LogP contribution in [0.5, 0.6) is 0 Å². The summed E-state index contributed by atoms with van der Waals surface area (Å²) in [6.45, 7) is 0.793. The number of rotatable bonds is 2. The highest BCUT2D eigenvalue weighted by molar-refractivity contribution is 5.41. The van der Waals surface area contributed by atoms with E-state index in [-0.39, 0.29) is 0 Å². The molecule has 20 heavy (non-hydrogen) atoms. The quantitative estimate of drug-likeness (QED) is 0.350. The maximum atomic E-state index is 13.3. The first kappa shape index (κ1) is 14.4. The SMILES string of the molecule is CN1C=C(N=Nc2c(F)c(F)c(F)c(F)c2F)CCC1. The highest BCUT2D eigenvalue weighted by atomic mass is 19.2. The lowest BCUT2D eigenvalue weighted by atomic mass is 10.2. The summed E-state index contributed by atoms with van der Waals surface area (Å²) in [5.74, 6) is -10.3. The highest BCUT2D eigenvalue weighted by Gasteiger charge is 2.25. The third kappa shape index (κ3) is 2.63. The lowest BCUT2D eigenvalue weighted by Gasteiger charge is -2.19. The van der Waals surface area contributed by atoms with Crippen molar-refractivity contribution in [1.29, 1.82) is 0 Å². The molecule has 3 nitrogen and oxygen atoms in total. The number of benzene rings is 1. The molecule has 1 heterocycles. The molecule has 1 aliphatic rings. The molecule has 0 bridgehead atoms. The molecule has 0 saturated heterocycles. The van der Waals surface area contributed by atoms with E-state index in [0.29, 0.717) is 12.1 Å². The number of halogens is 5. The Morgan fingerprint density at radius 3 is 2.00 bits per heavy atom. The van der Waals surface area contributed by atoms with Crippen LogP contribution in [0.2, 0.25) is 0 Å². The van der Waals surface area contributed by atoms with Crippen LogP contribution in [0.4, 0.5) is 27.6 Å².